The van der Waals surface area contributed by atoms with Gasteiger partial charge in [0.05, 0.1) is 30.0 Å². The highest BCUT2D eigenvalue weighted by molar-refractivity contribution is 6.40. The number of benzene rings is 2. The Kier molecular flexibility index (Phi) is 6.71. The van der Waals surface area contributed by atoms with Crippen molar-refractivity contribution >= 4 is 40.8 Å². The molecule has 0 aliphatic heterocycles. The van der Waals surface area contributed by atoms with E-state index in [0.29, 0.717) is 5.02 Å². The summed E-state index contributed by atoms with van der Waals surface area (Å²) in [6.07, 6.45) is 0. The van der Waals surface area contributed by atoms with Gasteiger partial charge in [0.2, 0.25) is 0 Å². The fraction of sp³-hybridized carbons (Fsp3) is 0.222. The number of carbonyl (C=O) groups is 2. The van der Waals surface area contributed by atoms with E-state index in [-0.39, 0.29) is 27.8 Å². The number of aryl methyl sites for hydroxylation is 1. The van der Waals surface area contributed by atoms with Crippen molar-refractivity contribution in [1.29, 1.82) is 0 Å². The van der Waals surface area contributed by atoms with Crippen molar-refractivity contribution in [3.63, 3.8) is 0 Å². The molecule has 0 heterocycles. The Morgan fingerprint density at radius 1 is 1.04 bits per heavy atom. The lowest BCUT2D eigenvalue weighted by molar-refractivity contribution is -0.119. The van der Waals surface area contributed by atoms with E-state index in [9.17, 15) is 9.59 Å². The van der Waals surface area contributed by atoms with Crippen molar-refractivity contribution in [3.8, 4) is 11.5 Å². The highest BCUT2D eigenvalue weighted by Crippen LogP contribution is 2.33. The Morgan fingerprint density at radius 3 is 2.23 bits per heavy atom. The summed E-state index contributed by atoms with van der Waals surface area (Å²) < 4.78 is 15.3. The highest BCUT2D eigenvalue weighted by Gasteiger charge is 2.21. The molecule has 0 aliphatic carbocycles. The third-order valence-corrected chi connectivity index (χ3v) is 4.32. The van der Waals surface area contributed by atoms with E-state index in [1.54, 1.807) is 37.3 Å². The predicted molar refractivity (Wildman–Crippen MR) is 99.7 cm³/mol. The summed E-state index contributed by atoms with van der Waals surface area (Å²) in [7, 11) is 2.83. The van der Waals surface area contributed by atoms with Crippen molar-refractivity contribution in [2.24, 2.45) is 0 Å². The van der Waals surface area contributed by atoms with Gasteiger partial charge in [-0.3, -0.25) is 4.79 Å². The second-order valence-corrected chi connectivity index (χ2v) is 6.00. The lowest BCUT2D eigenvalue weighted by atomic mass is 10.2. The summed E-state index contributed by atoms with van der Waals surface area (Å²) in [5.74, 6) is -0.781. The van der Waals surface area contributed by atoms with Gasteiger partial charge < -0.3 is 19.5 Å². The zero-order valence-corrected chi connectivity index (χ0v) is 15.9. The number of methoxy groups -OCH3 is 2. The van der Waals surface area contributed by atoms with Gasteiger partial charge in [-0.15, -0.1) is 0 Å². The van der Waals surface area contributed by atoms with Gasteiger partial charge in [0.15, 0.2) is 6.61 Å². The third-order valence-electron chi connectivity index (χ3n) is 3.51. The summed E-state index contributed by atoms with van der Waals surface area (Å²) >= 11 is 12.2. The Morgan fingerprint density at radius 2 is 1.65 bits per heavy atom. The second kappa shape index (κ2) is 8.78. The number of carbonyl (C=O) groups excluding carboxylic acids is 2. The first-order chi connectivity index (χ1) is 12.4. The molecule has 2 rings (SSSR count). The summed E-state index contributed by atoms with van der Waals surface area (Å²) in [4.78, 5) is 24.4. The standard InChI is InChI=1S/C18H17Cl2NO5/c1-10-7-8-11(19)17(16(10)20)21-14(22)9-26-18(23)15-12(24-2)5-4-6-13(15)25-3/h4-8H,9H2,1-3H3,(H,21,22). The molecule has 0 spiro atoms. The first-order valence-electron chi connectivity index (χ1n) is 7.51. The SMILES string of the molecule is COc1cccc(OC)c1C(=O)OCC(=O)Nc1c(Cl)ccc(C)c1Cl. The van der Waals surface area contributed by atoms with Crippen molar-refractivity contribution in [3.05, 3.63) is 51.5 Å². The molecule has 0 atom stereocenters. The molecule has 0 bridgehead atoms. The monoisotopic (exact) mass is 397 g/mol. The van der Waals surface area contributed by atoms with Gasteiger partial charge in [-0.05, 0) is 30.7 Å². The third kappa shape index (κ3) is 4.39. The Hall–Kier alpha value is -2.44. The van der Waals surface area contributed by atoms with Crippen LogP contribution in [-0.4, -0.2) is 32.7 Å². The molecule has 26 heavy (non-hydrogen) atoms. The van der Waals surface area contributed by atoms with Gasteiger partial charge in [-0.25, -0.2) is 4.79 Å². The normalized spacial score (nSPS) is 10.2. The molecule has 2 aromatic carbocycles. The fourth-order valence-corrected chi connectivity index (χ4v) is 2.67. The maximum Gasteiger partial charge on any atom is 0.346 e. The Bertz CT molecular complexity index is 816. The molecule has 0 saturated carbocycles. The van der Waals surface area contributed by atoms with Crippen LogP contribution < -0.4 is 14.8 Å². The van der Waals surface area contributed by atoms with Crippen LogP contribution in [0.2, 0.25) is 10.0 Å². The highest BCUT2D eigenvalue weighted by atomic mass is 35.5. The largest absolute Gasteiger partial charge is 0.496 e. The molecule has 0 aromatic heterocycles. The molecule has 0 saturated heterocycles. The van der Waals surface area contributed by atoms with Gasteiger partial charge in [0.25, 0.3) is 5.91 Å². The molecule has 8 heteroatoms. The van der Waals surface area contributed by atoms with Gasteiger partial charge in [-0.2, -0.15) is 0 Å². The first-order valence-corrected chi connectivity index (χ1v) is 8.27. The van der Waals surface area contributed by atoms with E-state index in [0.717, 1.165) is 5.56 Å². The van der Waals surface area contributed by atoms with Crippen LogP contribution >= 0.6 is 23.2 Å². The number of anilines is 1. The summed E-state index contributed by atoms with van der Waals surface area (Å²) in [5, 5.41) is 3.15. The number of hydrogen-bond acceptors (Lipinski definition) is 5. The minimum absolute atomic E-state index is 0.0944. The van der Waals surface area contributed by atoms with Crippen molar-refractivity contribution < 1.29 is 23.8 Å². The van der Waals surface area contributed by atoms with E-state index < -0.39 is 18.5 Å². The predicted octanol–water partition coefficient (Wildman–Crippen LogP) is 4.11. The van der Waals surface area contributed by atoms with Crippen LogP contribution in [0.1, 0.15) is 15.9 Å². The molecule has 0 fully saturated rings. The first kappa shape index (κ1) is 19.9. The van der Waals surface area contributed by atoms with Gasteiger partial charge in [0, 0.05) is 0 Å². The summed E-state index contributed by atoms with van der Waals surface area (Å²) in [5.41, 5.74) is 1.11. The number of hydrogen-bond donors (Lipinski definition) is 1. The maximum atomic E-state index is 12.3. The number of halogens is 2. The molecule has 6 nitrogen and oxygen atoms in total. The zero-order chi connectivity index (χ0) is 19.3. The second-order valence-electron chi connectivity index (χ2n) is 5.22. The molecule has 0 unspecified atom stereocenters. The zero-order valence-electron chi connectivity index (χ0n) is 14.4. The van der Waals surface area contributed by atoms with Crippen molar-refractivity contribution in [2.45, 2.75) is 6.92 Å². The maximum absolute atomic E-state index is 12.3. The Labute approximate surface area is 160 Å². The van der Waals surface area contributed by atoms with Gasteiger partial charge in [0.1, 0.15) is 17.1 Å². The summed E-state index contributed by atoms with van der Waals surface area (Å²) in [6, 6.07) is 8.19. The minimum Gasteiger partial charge on any atom is -0.496 e. The van der Waals surface area contributed by atoms with E-state index in [1.165, 1.54) is 14.2 Å². The lowest BCUT2D eigenvalue weighted by Crippen LogP contribution is -2.22. The van der Waals surface area contributed by atoms with E-state index in [1.807, 2.05) is 0 Å². The van der Waals surface area contributed by atoms with Crippen LogP contribution in [0.3, 0.4) is 0 Å². The average molecular weight is 398 g/mol. The van der Waals surface area contributed by atoms with Crippen molar-refractivity contribution in [1.82, 2.24) is 0 Å². The number of esters is 1. The summed E-state index contributed by atoms with van der Waals surface area (Å²) in [6.45, 7) is 1.25. The molecule has 2 aromatic rings. The number of ether oxygens (including phenoxy) is 3. The van der Waals surface area contributed by atoms with E-state index >= 15 is 0 Å². The Balaban J connectivity index is 2.09. The number of nitrogens with one attached hydrogen (secondary N) is 1. The number of amides is 1. The van der Waals surface area contributed by atoms with Crippen LogP contribution in [0.5, 0.6) is 11.5 Å². The van der Waals surface area contributed by atoms with Crippen LogP contribution in [0.4, 0.5) is 5.69 Å². The van der Waals surface area contributed by atoms with Gasteiger partial charge >= 0.3 is 5.97 Å². The molecule has 0 aliphatic rings. The number of rotatable bonds is 6. The van der Waals surface area contributed by atoms with Gasteiger partial charge in [-0.1, -0.05) is 35.3 Å². The quantitative estimate of drug-likeness (QED) is 0.742. The molecule has 1 N–H and O–H groups in total. The molecule has 138 valence electrons. The van der Waals surface area contributed by atoms with Crippen LogP contribution in [-0.2, 0) is 9.53 Å². The van der Waals surface area contributed by atoms with E-state index in [4.69, 9.17) is 37.4 Å². The van der Waals surface area contributed by atoms with Crippen LogP contribution in [0, 0.1) is 6.92 Å². The smallest absolute Gasteiger partial charge is 0.346 e. The molecule has 1 amide bonds. The topological polar surface area (TPSA) is 73.9 Å². The van der Waals surface area contributed by atoms with Crippen LogP contribution in [0.15, 0.2) is 30.3 Å². The molecular weight excluding hydrogens is 381 g/mol. The van der Waals surface area contributed by atoms with E-state index in [2.05, 4.69) is 5.32 Å². The molecular formula is C18H17Cl2NO5. The average Bonchev–Trinajstić information content (AvgIpc) is 2.65. The van der Waals surface area contributed by atoms with Crippen LogP contribution in [0.25, 0.3) is 0 Å². The fourth-order valence-electron chi connectivity index (χ4n) is 2.20. The lowest BCUT2D eigenvalue weighted by Gasteiger charge is -2.13. The minimum atomic E-state index is -0.754. The molecule has 0 radical (unpaired) electrons. The van der Waals surface area contributed by atoms with Crippen molar-refractivity contribution in [2.75, 3.05) is 26.1 Å².